The Bertz CT molecular complexity index is 372. The molecule has 0 radical (unpaired) electrons. The zero-order valence-corrected chi connectivity index (χ0v) is 12.1. The molecule has 0 fully saturated rings. The zero-order chi connectivity index (χ0) is 13.0. The number of rotatable bonds is 5. The van der Waals surface area contributed by atoms with Gasteiger partial charge < -0.3 is 5.32 Å². The normalized spacial score (nSPS) is 22.3. The van der Waals surface area contributed by atoms with E-state index in [2.05, 4.69) is 50.5 Å². The van der Waals surface area contributed by atoms with Gasteiger partial charge in [0.15, 0.2) is 0 Å². The largest absolute Gasteiger partial charge is 0.317 e. The van der Waals surface area contributed by atoms with Crippen molar-refractivity contribution in [1.82, 2.24) is 5.32 Å². The van der Waals surface area contributed by atoms with Crippen molar-refractivity contribution in [2.75, 3.05) is 7.05 Å². The predicted octanol–water partition coefficient (Wildman–Crippen LogP) is 4.13. The highest BCUT2D eigenvalue weighted by atomic mass is 14.9. The molecule has 1 aliphatic rings. The van der Waals surface area contributed by atoms with Gasteiger partial charge in [-0.15, -0.1) is 0 Å². The summed E-state index contributed by atoms with van der Waals surface area (Å²) < 4.78 is 0. The molecule has 1 aliphatic carbocycles. The topological polar surface area (TPSA) is 12.0 Å². The molecule has 0 saturated carbocycles. The van der Waals surface area contributed by atoms with Crippen molar-refractivity contribution in [2.45, 2.75) is 57.9 Å². The molecule has 0 spiro atoms. The van der Waals surface area contributed by atoms with Gasteiger partial charge in [-0.3, -0.25) is 0 Å². The molecule has 0 amide bonds. The van der Waals surface area contributed by atoms with Gasteiger partial charge in [-0.05, 0) is 55.7 Å². The van der Waals surface area contributed by atoms with Crippen molar-refractivity contribution in [3.8, 4) is 0 Å². The standard InChI is InChI=1S/C17H27N/c1-4-13(2)17(18-3)12-15-10-7-9-14-8-5-6-11-16(14)15/h5-6,8,11,13,15,17-18H,4,7,9-10,12H2,1-3H3. The van der Waals surface area contributed by atoms with E-state index in [1.54, 1.807) is 11.1 Å². The van der Waals surface area contributed by atoms with E-state index in [0.29, 0.717) is 6.04 Å². The second-order valence-corrected chi connectivity index (χ2v) is 5.80. The summed E-state index contributed by atoms with van der Waals surface area (Å²) in [7, 11) is 2.12. The molecule has 18 heavy (non-hydrogen) atoms. The maximum Gasteiger partial charge on any atom is 0.00954 e. The first-order chi connectivity index (χ1) is 8.76. The molecule has 1 aromatic rings. The lowest BCUT2D eigenvalue weighted by atomic mass is 9.77. The first-order valence-electron chi connectivity index (χ1n) is 7.51. The first-order valence-corrected chi connectivity index (χ1v) is 7.51. The molecule has 3 atom stereocenters. The smallest absolute Gasteiger partial charge is 0.00954 e. The van der Waals surface area contributed by atoms with E-state index in [0.717, 1.165) is 11.8 Å². The van der Waals surface area contributed by atoms with Gasteiger partial charge in [0.05, 0.1) is 0 Å². The van der Waals surface area contributed by atoms with Crippen LogP contribution in [0.4, 0.5) is 0 Å². The molecule has 0 aliphatic heterocycles. The molecule has 1 heteroatoms. The molecule has 3 unspecified atom stereocenters. The number of hydrogen-bond acceptors (Lipinski definition) is 1. The van der Waals surface area contributed by atoms with Crippen LogP contribution in [0.5, 0.6) is 0 Å². The highest BCUT2D eigenvalue weighted by molar-refractivity contribution is 5.32. The maximum atomic E-state index is 3.53. The fourth-order valence-corrected chi connectivity index (χ4v) is 3.33. The molecule has 0 saturated heterocycles. The van der Waals surface area contributed by atoms with Crippen molar-refractivity contribution >= 4 is 0 Å². The Kier molecular flexibility index (Phi) is 4.82. The minimum atomic E-state index is 0.658. The average molecular weight is 245 g/mol. The number of benzene rings is 1. The third-order valence-corrected chi connectivity index (χ3v) is 4.73. The third-order valence-electron chi connectivity index (χ3n) is 4.73. The Balaban J connectivity index is 2.10. The second kappa shape index (κ2) is 6.38. The summed E-state index contributed by atoms with van der Waals surface area (Å²) in [5, 5.41) is 3.53. The molecule has 100 valence electrons. The summed E-state index contributed by atoms with van der Waals surface area (Å²) in [4.78, 5) is 0. The van der Waals surface area contributed by atoms with Crippen LogP contribution in [0.15, 0.2) is 24.3 Å². The molecule has 2 rings (SSSR count). The maximum absolute atomic E-state index is 3.53. The lowest BCUT2D eigenvalue weighted by Crippen LogP contribution is -2.34. The Morgan fingerprint density at radius 2 is 2.11 bits per heavy atom. The van der Waals surface area contributed by atoms with Gasteiger partial charge >= 0.3 is 0 Å². The van der Waals surface area contributed by atoms with E-state index in [-0.39, 0.29) is 0 Å². The minimum Gasteiger partial charge on any atom is -0.317 e. The molecule has 0 aromatic heterocycles. The van der Waals surface area contributed by atoms with Crippen molar-refractivity contribution in [2.24, 2.45) is 5.92 Å². The summed E-state index contributed by atoms with van der Waals surface area (Å²) in [6, 6.07) is 9.72. The first kappa shape index (κ1) is 13.6. The van der Waals surface area contributed by atoms with Crippen LogP contribution in [0.1, 0.15) is 56.6 Å². The number of hydrogen-bond donors (Lipinski definition) is 1. The minimum absolute atomic E-state index is 0.658. The van der Waals surface area contributed by atoms with E-state index in [9.17, 15) is 0 Å². The van der Waals surface area contributed by atoms with E-state index in [1.165, 1.54) is 32.1 Å². The summed E-state index contributed by atoms with van der Waals surface area (Å²) >= 11 is 0. The van der Waals surface area contributed by atoms with Crippen molar-refractivity contribution in [3.63, 3.8) is 0 Å². The summed E-state index contributed by atoms with van der Waals surface area (Å²) in [5.41, 5.74) is 3.21. The lowest BCUT2D eigenvalue weighted by molar-refractivity contribution is 0.332. The number of nitrogens with one attached hydrogen (secondary N) is 1. The van der Waals surface area contributed by atoms with Gasteiger partial charge in [-0.1, -0.05) is 44.5 Å². The van der Waals surface area contributed by atoms with Crippen LogP contribution in [0.25, 0.3) is 0 Å². The quantitative estimate of drug-likeness (QED) is 0.822. The van der Waals surface area contributed by atoms with Crippen LogP contribution in [0, 0.1) is 5.92 Å². The zero-order valence-electron chi connectivity index (χ0n) is 12.1. The summed E-state index contributed by atoms with van der Waals surface area (Å²) in [5.74, 6) is 1.53. The van der Waals surface area contributed by atoms with Gasteiger partial charge in [0.1, 0.15) is 0 Å². The molecule has 1 N–H and O–H groups in total. The summed E-state index contributed by atoms with van der Waals surface area (Å²) in [6.45, 7) is 4.67. The van der Waals surface area contributed by atoms with Crippen molar-refractivity contribution < 1.29 is 0 Å². The van der Waals surface area contributed by atoms with Gasteiger partial charge in [0.25, 0.3) is 0 Å². The Morgan fingerprint density at radius 3 is 2.83 bits per heavy atom. The molecule has 0 heterocycles. The third kappa shape index (κ3) is 2.95. The van der Waals surface area contributed by atoms with E-state index < -0.39 is 0 Å². The Labute approximate surface area is 112 Å². The predicted molar refractivity (Wildman–Crippen MR) is 79.0 cm³/mol. The number of fused-ring (bicyclic) bond motifs is 1. The highest BCUT2D eigenvalue weighted by Crippen LogP contribution is 2.35. The van der Waals surface area contributed by atoms with Gasteiger partial charge in [0.2, 0.25) is 0 Å². The highest BCUT2D eigenvalue weighted by Gasteiger charge is 2.24. The number of aryl methyl sites for hydroxylation is 1. The van der Waals surface area contributed by atoms with Crippen LogP contribution >= 0.6 is 0 Å². The average Bonchev–Trinajstić information content (AvgIpc) is 2.44. The SMILES string of the molecule is CCC(C)C(CC1CCCc2ccccc21)NC. The monoisotopic (exact) mass is 245 g/mol. The van der Waals surface area contributed by atoms with Crippen molar-refractivity contribution in [1.29, 1.82) is 0 Å². The molecular formula is C17H27N. The Morgan fingerprint density at radius 1 is 1.33 bits per heavy atom. The van der Waals surface area contributed by atoms with Crippen LogP contribution in [0.3, 0.4) is 0 Å². The second-order valence-electron chi connectivity index (χ2n) is 5.80. The van der Waals surface area contributed by atoms with Crippen LogP contribution < -0.4 is 5.32 Å². The molecule has 0 bridgehead atoms. The fraction of sp³-hybridized carbons (Fsp3) is 0.647. The van der Waals surface area contributed by atoms with Crippen molar-refractivity contribution in [3.05, 3.63) is 35.4 Å². The van der Waals surface area contributed by atoms with Gasteiger partial charge in [-0.25, -0.2) is 0 Å². The van der Waals surface area contributed by atoms with Crippen LogP contribution in [0.2, 0.25) is 0 Å². The fourth-order valence-electron chi connectivity index (χ4n) is 3.33. The van der Waals surface area contributed by atoms with Crippen LogP contribution in [-0.4, -0.2) is 13.1 Å². The summed E-state index contributed by atoms with van der Waals surface area (Å²) in [6.07, 6.45) is 6.56. The van der Waals surface area contributed by atoms with E-state index >= 15 is 0 Å². The van der Waals surface area contributed by atoms with Crippen LogP contribution in [-0.2, 0) is 6.42 Å². The van der Waals surface area contributed by atoms with Gasteiger partial charge in [-0.2, -0.15) is 0 Å². The van der Waals surface area contributed by atoms with Gasteiger partial charge in [0, 0.05) is 6.04 Å². The molecular weight excluding hydrogens is 218 g/mol. The molecule has 1 aromatic carbocycles. The molecule has 1 nitrogen and oxygen atoms in total. The lowest BCUT2D eigenvalue weighted by Gasteiger charge is -2.31. The Hall–Kier alpha value is -0.820. The van der Waals surface area contributed by atoms with E-state index in [4.69, 9.17) is 0 Å². The van der Waals surface area contributed by atoms with E-state index in [1.807, 2.05) is 0 Å².